The topological polar surface area (TPSA) is 49.7 Å². The van der Waals surface area contributed by atoms with Crippen molar-refractivity contribution < 1.29 is 22.5 Å². The molecule has 0 amide bonds. The SMILES string of the molecule is CC(=NS(=O)C(C)(C)C)c1cccc(C(F)(F)C(C)(C)O)c1F. The van der Waals surface area contributed by atoms with Gasteiger partial charge in [-0.05, 0) is 47.6 Å². The van der Waals surface area contributed by atoms with E-state index in [9.17, 15) is 22.5 Å². The molecule has 1 aromatic carbocycles. The maximum Gasteiger partial charge on any atom is 0.303 e. The van der Waals surface area contributed by atoms with Crippen molar-refractivity contribution >= 4 is 16.7 Å². The Hall–Kier alpha value is -1.21. The van der Waals surface area contributed by atoms with E-state index < -0.39 is 38.6 Å². The summed E-state index contributed by atoms with van der Waals surface area (Å²) in [6, 6.07) is 3.47. The Bertz CT molecular complexity index is 644. The molecule has 0 bridgehead atoms. The van der Waals surface area contributed by atoms with Crippen LogP contribution < -0.4 is 0 Å². The lowest BCUT2D eigenvalue weighted by Gasteiger charge is -2.29. The molecule has 3 nitrogen and oxygen atoms in total. The molecule has 1 atom stereocenters. The van der Waals surface area contributed by atoms with Crippen LogP contribution in [0.3, 0.4) is 0 Å². The number of aliphatic hydroxyl groups is 1. The van der Waals surface area contributed by atoms with Crippen molar-refractivity contribution in [1.82, 2.24) is 0 Å². The maximum absolute atomic E-state index is 14.5. The molecule has 1 rings (SSSR count). The molecule has 0 aliphatic heterocycles. The number of halogens is 3. The van der Waals surface area contributed by atoms with Gasteiger partial charge >= 0.3 is 5.92 Å². The Morgan fingerprint density at radius 2 is 1.70 bits per heavy atom. The number of benzene rings is 1. The third-order valence-electron chi connectivity index (χ3n) is 3.24. The zero-order valence-corrected chi connectivity index (χ0v) is 14.9. The summed E-state index contributed by atoms with van der Waals surface area (Å²) in [6.45, 7) is 8.34. The minimum absolute atomic E-state index is 0.0594. The highest BCUT2D eigenvalue weighted by Crippen LogP contribution is 2.40. The predicted octanol–water partition coefficient (Wildman–Crippen LogP) is 3.96. The highest BCUT2D eigenvalue weighted by atomic mass is 32.2. The molecular weight excluding hydrogens is 327 g/mol. The molecule has 1 unspecified atom stereocenters. The first-order valence-electron chi connectivity index (χ1n) is 7.06. The zero-order valence-electron chi connectivity index (χ0n) is 14.1. The fourth-order valence-electron chi connectivity index (χ4n) is 1.69. The van der Waals surface area contributed by atoms with Gasteiger partial charge in [0.15, 0.2) is 0 Å². The Labute approximate surface area is 137 Å². The normalized spacial score (nSPS) is 15.7. The molecule has 1 aromatic rings. The number of nitrogens with zero attached hydrogens (tertiary/aromatic N) is 1. The quantitative estimate of drug-likeness (QED) is 0.837. The number of hydrogen-bond acceptors (Lipinski definition) is 2. The second-order valence-electron chi connectivity index (χ2n) is 6.84. The summed E-state index contributed by atoms with van der Waals surface area (Å²) in [4.78, 5) is 0. The van der Waals surface area contributed by atoms with Crippen LogP contribution in [0.15, 0.2) is 22.6 Å². The Morgan fingerprint density at radius 1 is 1.17 bits per heavy atom. The van der Waals surface area contributed by atoms with Crippen LogP contribution in [-0.4, -0.2) is 25.4 Å². The van der Waals surface area contributed by atoms with Crippen molar-refractivity contribution in [3.8, 4) is 0 Å². The van der Waals surface area contributed by atoms with Crippen molar-refractivity contribution in [2.45, 2.75) is 57.8 Å². The van der Waals surface area contributed by atoms with Crippen molar-refractivity contribution in [2.75, 3.05) is 0 Å². The van der Waals surface area contributed by atoms with E-state index >= 15 is 0 Å². The predicted molar refractivity (Wildman–Crippen MR) is 86.7 cm³/mol. The second-order valence-corrected chi connectivity index (χ2v) is 8.74. The summed E-state index contributed by atoms with van der Waals surface area (Å²) < 4.78 is 58.3. The maximum atomic E-state index is 14.5. The van der Waals surface area contributed by atoms with Gasteiger partial charge in [-0.15, -0.1) is 0 Å². The molecule has 0 saturated carbocycles. The molecule has 0 aliphatic carbocycles. The molecule has 23 heavy (non-hydrogen) atoms. The summed E-state index contributed by atoms with van der Waals surface area (Å²) in [6.07, 6.45) is 0. The molecule has 0 saturated heterocycles. The fraction of sp³-hybridized carbons (Fsp3) is 0.562. The van der Waals surface area contributed by atoms with Gasteiger partial charge in [0.1, 0.15) is 22.4 Å². The molecule has 0 aromatic heterocycles. The molecular formula is C16H22F3NO2S. The average Bonchev–Trinajstić information content (AvgIpc) is 2.35. The van der Waals surface area contributed by atoms with Crippen LogP contribution in [0.5, 0.6) is 0 Å². The van der Waals surface area contributed by atoms with Crippen LogP contribution >= 0.6 is 0 Å². The third kappa shape index (κ3) is 4.20. The van der Waals surface area contributed by atoms with Crippen molar-refractivity contribution in [3.63, 3.8) is 0 Å². The molecule has 0 aliphatic rings. The van der Waals surface area contributed by atoms with E-state index in [1.54, 1.807) is 20.8 Å². The molecule has 7 heteroatoms. The lowest BCUT2D eigenvalue weighted by molar-refractivity contribution is -0.170. The smallest absolute Gasteiger partial charge is 0.303 e. The van der Waals surface area contributed by atoms with Crippen LogP contribution in [-0.2, 0) is 16.9 Å². The van der Waals surface area contributed by atoms with Crippen LogP contribution in [0.1, 0.15) is 52.7 Å². The summed E-state index contributed by atoms with van der Waals surface area (Å²) in [5, 5.41) is 9.61. The van der Waals surface area contributed by atoms with E-state index in [1.807, 2.05) is 0 Å². The standard InChI is InChI=1S/C16H22F3NO2S/c1-10(20-23(22)14(2,3)4)11-8-7-9-12(13(11)17)16(18,19)15(5,6)21/h7-9,21H,1-6H3. The van der Waals surface area contributed by atoms with Gasteiger partial charge in [-0.2, -0.15) is 13.2 Å². The van der Waals surface area contributed by atoms with E-state index in [2.05, 4.69) is 4.40 Å². The lowest BCUT2D eigenvalue weighted by atomic mass is 9.91. The first-order chi connectivity index (χ1) is 10.2. The molecule has 0 radical (unpaired) electrons. The Kier molecular flexibility index (Phi) is 5.48. The van der Waals surface area contributed by atoms with Gasteiger partial charge in [-0.3, -0.25) is 0 Å². The Morgan fingerprint density at radius 3 is 2.13 bits per heavy atom. The third-order valence-corrected chi connectivity index (χ3v) is 4.73. The largest absolute Gasteiger partial charge is 0.384 e. The minimum atomic E-state index is -3.78. The van der Waals surface area contributed by atoms with Gasteiger partial charge < -0.3 is 5.11 Å². The van der Waals surface area contributed by atoms with Crippen molar-refractivity contribution in [3.05, 3.63) is 35.1 Å². The highest BCUT2D eigenvalue weighted by Gasteiger charge is 2.49. The van der Waals surface area contributed by atoms with E-state index in [-0.39, 0.29) is 11.3 Å². The average molecular weight is 349 g/mol. The van der Waals surface area contributed by atoms with Gasteiger partial charge in [0.2, 0.25) is 0 Å². The van der Waals surface area contributed by atoms with Gasteiger partial charge in [-0.25, -0.2) is 8.60 Å². The molecule has 130 valence electrons. The number of alkyl halides is 2. The molecule has 0 spiro atoms. The first kappa shape index (κ1) is 19.8. The number of hydrogen-bond donors (Lipinski definition) is 1. The monoisotopic (exact) mass is 349 g/mol. The Balaban J connectivity index is 3.41. The van der Waals surface area contributed by atoms with Crippen LogP contribution in [0.4, 0.5) is 13.2 Å². The van der Waals surface area contributed by atoms with E-state index in [0.717, 1.165) is 19.9 Å². The van der Waals surface area contributed by atoms with Crippen LogP contribution in [0.25, 0.3) is 0 Å². The van der Waals surface area contributed by atoms with Gasteiger partial charge in [0.25, 0.3) is 0 Å². The molecule has 1 N–H and O–H groups in total. The van der Waals surface area contributed by atoms with Crippen LogP contribution in [0, 0.1) is 5.82 Å². The van der Waals surface area contributed by atoms with Gasteiger partial charge in [0.05, 0.1) is 16.0 Å². The fourth-order valence-corrected chi connectivity index (χ4v) is 2.31. The minimum Gasteiger partial charge on any atom is -0.384 e. The summed E-state index contributed by atoms with van der Waals surface area (Å²) in [5.74, 6) is -4.96. The first-order valence-corrected chi connectivity index (χ1v) is 8.17. The molecule has 0 heterocycles. The number of rotatable bonds is 4. The van der Waals surface area contributed by atoms with Crippen molar-refractivity contribution in [1.29, 1.82) is 0 Å². The summed E-state index contributed by atoms with van der Waals surface area (Å²) in [7, 11) is -1.64. The summed E-state index contributed by atoms with van der Waals surface area (Å²) in [5.41, 5.74) is -3.45. The highest BCUT2D eigenvalue weighted by molar-refractivity contribution is 7.85. The van der Waals surface area contributed by atoms with Gasteiger partial charge in [-0.1, -0.05) is 12.1 Å². The van der Waals surface area contributed by atoms with E-state index in [4.69, 9.17) is 0 Å². The zero-order chi connectivity index (χ0) is 18.2. The van der Waals surface area contributed by atoms with E-state index in [0.29, 0.717) is 0 Å². The lowest BCUT2D eigenvalue weighted by Crippen LogP contribution is -2.41. The van der Waals surface area contributed by atoms with Crippen molar-refractivity contribution in [2.24, 2.45) is 4.40 Å². The molecule has 0 fully saturated rings. The van der Waals surface area contributed by atoms with Gasteiger partial charge in [0, 0.05) is 5.56 Å². The second kappa shape index (κ2) is 6.36. The van der Waals surface area contributed by atoms with Crippen LogP contribution in [0.2, 0.25) is 0 Å². The summed E-state index contributed by atoms with van der Waals surface area (Å²) >= 11 is 0. The van der Waals surface area contributed by atoms with E-state index in [1.165, 1.54) is 19.1 Å².